The number of fused-ring (bicyclic) bond motifs is 1. The second kappa shape index (κ2) is 7.05. The fourth-order valence-electron chi connectivity index (χ4n) is 3.59. The number of hydrogen-bond donors (Lipinski definition) is 0. The molecule has 1 fully saturated rings. The molecule has 0 N–H and O–H groups in total. The number of halogens is 3. The van der Waals surface area contributed by atoms with Crippen LogP contribution in [0.5, 0.6) is 11.8 Å². The van der Waals surface area contributed by atoms with Crippen molar-refractivity contribution in [1.29, 1.82) is 0 Å². The van der Waals surface area contributed by atoms with Gasteiger partial charge in [-0.1, -0.05) is 13.0 Å². The van der Waals surface area contributed by atoms with Crippen molar-refractivity contribution >= 4 is 17.5 Å². The third-order valence-corrected chi connectivity index (χ3v) is 5.47. The summed E-state index contributed by atoms with van der Waals surface area (Å²) in [7, 11) is 0. The quantitative estimate of drug-likeness (QED) is 0.698. The summed E-state index contributed by atoms with van der Waals surface area (Å²) in [5.74, 6) is -0.870. The van der Waals surface area contributed by atoms with Crippen LogP contribution in [-0.2, 0) is 26.5 Å². The van der Waals surface area contributed by atoms with Crippen molar-refractivity contribution in [2.24, 2.45) is 5.92 Å². The summed E-state index contributed by atoms with van der Waals surface area (Å²) in [6.45, 7) is 2.66. The molecule has 2 aliphatic rings. The van der Waals surface area contributed by atoms with Crippen LogP contribution in [-0.4, -0.2) is 28.0 Å². The van der Waals surface area contributed by atoms with Crippen LogP contribution >= 0.6 is 0 Å². The summed E-state index contributed by atoms with van der Waals surface area (Å²) in [5, 5.41) is 0. The van der Waals surface area contributed by atoms with Crippen LogP contribution in [0, 0.1) is 5.92 Å². The molecule has 0 aliphatic carbocycles. The lowest BCUT2D eigenvalue weighted by Crippen LogP contribution is -2.38. The Morgan fingerprint density at radius 1 is 1.27 bits per heavy atom. The number of rotatable bonds is 4. The number of hydrogen-bond acceptors (Lipinski definition) is 6. The lowest BCUT2D eigenvalue weighted by molar-refractivity contribution is -0.272. The molecule has 30 heavy (non-hydrogen) atoms. The minimum absolute atomic E-state index is 0.0250. The molecule has 3 heterocycles. The van der Waals surface area contributed by atoms with Gasteiger partial charge in [-0.25, -0.2) is 14.9 Å². The maximum Gasteiger partial charge on any atom is 0.421 e. The lowest BCUT2D eigenvalue weighted by Gasteiger charge is -2.27. The highest BCUT2D eigenvalue weighted by Crippen LogP contribution is 2.48. The Labute approximate surface area is 169 Å². The van der Waals surface area contributed by atoms with E-state index in [-0.39, 0.29) is 53.8 Å². The third kappa shape index (κ3) is 3.20. The molecule has 0 spiro atoms. The fraction of sp³-hybridized carbons (Fsp3) is 0.400. The number of nitrogens with zero attached hydrogens (tertiary/aromatic N) is 3. The summed E-state index contributed by atoms with van der Waals surface area (Å²) in [5.41, 5.74) is -1.79. The van der Waals surface area contributed by atoms with Crippen LogP contribution in [0.2, 0.25) is 0 Å². The smallest absolute Gasteiger partial charge is 0.421 e. The molecular formula is C20H18F3N3O4. The highest BCUT2D eigenvalue weighted by Gasteiger charge is 2.57. The highest BCUT2D eigenvalue weighted by atomic mass is 19.4. The number of amides is 2. The molecule has 2 aromatic rings. The van der Waals surface area contributed by atoms with Gasteiger partial charge < -0.3 is 9.47 Å². The van der Waals surface area contributed by atoms with Crippen LogP contribution in [0.1, 0.15) is 37.8 Å². The Balaban J connectivity index is 1.55. The van der Waals surface area contributed by atoms with E-state index in [4.69, 9.17) is 9.47 Å². The Morgan fingerprint density at radius 2 is 1.97 bits per heavy atom. The average molecular weight is 421 g/mol. The van der Waals surface area contributed by atoms with E-state index in [1.54, 1.807) is 0 Å². The molecule has 0 radical (unpaired) electrons. The molecule has 2 aliphatic heterocycles. The van der Waals surface area contributed by atoms with E-state index in [9.17, 15) is 22.8 Å². The van der Waals surface area contributed by atoms with E-state index in [1.165, 1.54) is 30.6 Å². The monoisotopic (exact) mass is 421 g/mol. The van der Waals surface area contributed by atoms with E-state index in [2.05, 4.69) is 9.97 Å². The largest absolute Gasteiger partial charge is 0.424 e. The number of benzene rings is 1. The molecule has 158 valence electrons. The standard InChI is InChI=1S/C20H18F3N3O4/c1-3-11-6-16(27)26(17(11)28)13-8-24-18(25-9-13)30-14-5-4-12-10-29-19(2,15(12)7-14)20(21,22)23/h4-5,7-9,11H,3,6,10H2,1-2H3/t11-,19?/m0/s1. The van der Waals surface area contributed by atoms with Crippen LogP contribution in [0.15, 0.2) is 30.6 Å². The van der Waals surface area contributed by atoms with Crippen molar-refractivity contribution in [3.8, 4) is 11.8 Å². The number of carbonyl (C=O) groups excluding carboxylic acids is 2. The van der Waals surface area contributed by atoms with Crippen molar-refractivity contribution in [1.82, 2.24) is 9.97 Å². The first-order chi connectivity index (χ1) is 14.1. The molecule has 1 unspecified atom stereocenters. The normalized spacial score (nSPS) is 23.8. The predicted molar refractivity (Wildman–Crippen MR) is 97.6 cm³/mol. The van der Waals surface area contributed by atoms with Crippen molar-refractivity contribution in [2.75, 3.05) is 4.90 Å². The van der Waals surface area contributed by atoms with E-state index >= 15 is 0 Å². The van der Waals surface area contributed by atoms with E-state index in [0.29, 0.717) is 12.0 Å². The number of aromatic nitrogens is 2. The number of imide groups is 1. The predicted octanol–water partition coefficient (Wildman–Crippen LogP) is 3.87. The van der Waals surface area contributed by atoms with Gasteiger partial charge in [0.2, 0.25) is 11.8 Å². The molecule has 2 amide bonds. The molecular weight excluding hydrogens is 403 g/mol. The zero-order valence-electron chi connectivity index (χ0n) is 16.2. The number of alkyl halides is 3. The van der Waals surface area contributed by atoms with Crippen molar-refractivity contribution in [2.45, 2.75) is 45.1 Å². The van der Waals surface area contributed by atoms with E-state index < -0.39 is 11.8 Å². The van der Waals surface area contributed by atoms with Gasteiger partial charge in [-0.05, 0) is 31.0 Å². The summed E-state index contributed by atoms with van der Waals surface area (Å²) < 4.78 is 50.8. The third-order valence-electron chi connectivity index (χ3n) is 5.47. The second-order valence-corrected chi connectivity index (χ2v) is 7.34. The number of anilines is 1. The summed E-state index contributed by atoms with van der Waals surface area (Å²) in [4.78, 5) is 33.4. The van der Waals surface area contributed by atoms with Crippen LogP contribution < -0.4 is 9.64 Å². The van der Waals surface area contributed by atoms with Gasteiger partial charge in [0.05, 0.1) is 24.7 Å². The van der Waals surface area contributed by atoms with Gasteiger partial charge in [0.15, 0.2) is 5.60 Å². The first-order valence-electron chi connectivity index (χ1n) is 9.35. The van der Waals surface area contributed by atoms with Crippen LogP contribution in [0.4, 0.5) is 18.9 Å². The van der Waals surface area contributed by atoms with Gasteiger partial charge in [0, 0.05) is 17.9 Å². The molecule has 7 nitrogen and oxygen atoms in total. The van der Waals surface area contributed by atoms with E-state index in [1.807, 2.05) is 6.92 Å². The van der Waals surface area contributed by atoms with Crippen LogP contribution in [0.25, 0.3) is 0 Å². The zero-order chi connectivity index (χ0) is 21.7. The summed E-state index contributed by atoms with van der Waals surface area (Å²) in [6.07, 6.45) is -1.34. The number of ether oxygens (including phenoxy) is 2. The summed E-state index contributed by atoms with van der Waals surface area (Å²) in [6, 6.07) is 4.13. The minimum Gasteiger partial charge on any atom is -0.424 e. The first kappa shape index (κ1) is 20.3. The Hall–Kier alpha value is -3.01. The molecule has 0 saturated carbocycles. The fourth-order valence-corrected chi connectivity index (χ4v) is 3.59. The van der Waals surface area contributed by atoms with Gasteiger partial charge in [0.25, 0.3) is 0 Å². The first-order valence-corrected chi connectivity index (χ1v) is 9.35. The van der Waals surface area contributed by atoms with Gasteiger partial charge in [-0.3, -0.25) is 9.59 Å². The van der Waals surface area contributed by atoms with Gasteiger partial charge in [-0.2, -0.15) is 13.2 Å². The number of carbonyl (C=O) groups is 2. The average Bonchev–Trinajstić information content (AvgIpc) is 3.19. The van der Waals surface area contributed by atoms with Gasteiger partial charge >= 0.3 is 12.2 Å². The summed E-state index contributed by atoms with van der Waals surface area (Å²) >= 11 is 0. The molecule has 10 heteroatoms. The SMILES string of the molecule is CC[C@H]1CC(=O)N(c2cnc(Oc3ccc4c(c3)C(C)(C(F)(F)F)OC4)nc2)C1=O. The topological polar surface area (TPSA) is 81.6 Å². The highest BCUT2D eigenvalue weighted by molar-refractivity contribution is 6.20. The molecule has 2 atom stereocenters. The molecule has 1 aromatic carbocycles. The zero-order valence-corrected chi connectivity index (χ0v) is 16.2. The maximum atomic E-state index is 13.4. The molecule has 0 bridgehead atoms. The Kier molecular flexibility index (Phi) is 4.76. The van der Waals surface area contributed by atoms with Crippen molar-refractivity contribution in [3.05, 3.63) is 41.7 Å². The van der Waals surface area contributed by atoms with Gasteiger partial charge in [-0.15, -0.1) is 0 Å². The molecule has 4 rings (SSSR count). The Bertz CT molecular complexity index is 1010. The maximum absolute atomic E-state index is 13.4. The van der Waals surface area contributed by atoms with Gasteiger partial charge in [0.1, 0.15) is 5.75 Å². The van der Waals surface area contributed by atoms with E-state index in [0.717, 1.165) is 11.8 Å². The molecule has 1 saturated heterocycles. The van der Waals surface area contributed by atoms with Crippen molar-refractivity contribution < 1.29 is 32.2 Å². The van der Waals surface area contributed by atoms with Crippen LogP contribution in [0.3, 0.4) is 0 Å². The second-order valence-electron chi connectivity index (χ2n) is 7.34. The Morgan fingerprint density at radius 3 is 2.57 bits per heavy atom. The molecule has 1 aromatic heterocycles. The van der Waals surface area contributed by atoms with Crippen molar-refractivity contribution in [3.63, 3.8) is 0 Å². The lowest BCUT2D eigenvalue weighted by atomic mass is 9.93. The minimum atomic E-state index is -4.58.